The Balaban J connectivity index is 2.18. The van der Waals surface area contributed by atoms with Crippen molar-refractivity contribution < 1.29 is 8.42 Å². The lowest BCUT2D eigenvalue weighted by Gasteiger charge is -2.10. The van der Waals surface area contributed by atoms with Gasteiger partial charge in [-0.1, -0.05) is 23.7 Å². The second-order valence-electron chi connectivity index (χ2n) is 4.41. The summed E-state index contributed by atoms with van der Waals surface area (Å²) in [5, 5.41) is 8.98. The molecular formula is C14H12ClN3O2S. The standard InChI is InChI=1S/C14H12ClN3O2S/c15-13-6-5-12(17)7-14(13)18-21(19,20)9-11-3-1-10(8-16)2-4-11/h1-7,18H,9,17H2. The Morgan fingerprint density at radius 2 is 1.86 bits per heavy atom. The molecule has 2 aromatic rings. The summed E-state index contributed by atoms with van der Waals surface area (Å²) in [6.07, 6.45) is 0. The molecule has 0 amide bonds. The molecule has 5 nitrogen and oxygen atoms in total. The summed E-state index contributed by atoms with van der Waals surface area (Å²) < 4.78 is 26.6. The van der Waals surface area contributed by atoms with Gasteiger partial charge in [0.05, 0.1) is 28.1 Å². The first-order chi connectivity index (χ1) is 9.89. The predicted molar refractivity (Wildman–Crippen MR) is 83.3 cm³/mol. The minimum atomic E-state index is -3.62. The molecule has 0 bridgehead atoms. The number of nitrogens with zero attached hydrogens (tertiary/aromatic N) is 1. The van der Waals surface area contributed by atoms with Crippen LogP contribution in [0.15, 0.2) is 42.5 Å². The zero-order chi connectivity index (χ0) is 15.5. The Morgan fingerprint density at radius 1 is 1.19 bits per heavy atom. The maximum absolute atomic E-state index is 12.1. The van der Waals surface area contributed by atoms with E-state index >= 15 is 0 Å². The van der Waals surface area contributed by atoms with Gasteiger partial charge in [-0.15, -0.1) is 0 Å². The van der Waals surface area contributed by atoms with Crippen molar-refractivity contribution in [2.45, 2.75) is 5.75 Å². The lowest BCUT2D eigenvalue weighted by Crippen LogP contribution is -2.15. The van der Waals surface area contributed by atoms with Crippen molar-refractivity contribution in [2.75, 3.05) is 10.5 Å². The maximum Gasteiger partial charge on any atom is 0.236 e. The average Bonchev–Trinajstić information content (AvgIpc) is 2.43. The Morgan fingerprint density at radius 3 is 2.48 bits per heavy atom. The minimum absolute atomic E-state index is 0.218. The van der Waals surface area contributed by atoms with Crippen LogP contribution in [-0.4, -0.2) is 8.42 Å². The largest absolute Gasteiger partial charge is 0.399 e. The van der Waals surface area contributed by atoms with Gasteiger partial charge >= 0.3 is 0 Å². The van der Waals surface area contributed by atoms with Crippen molar-refractivity contribution in [1.29, 1.82) is 5.26 Å². The molecule has 3 N–H and O–H groups in total. The van der Waals surface area contributed by atoms with Crippen LogP contribution in [0.1, 0.15) is 11.1 Å². The van der Waals surface area contributed by atoms with Crippen molar-refractivity contribution in [2.24, 2.45) is 0 Å². The number of rotatable bonds is 4. The zero-order valence-corrected chi connectivity index (χ0v) is 12.4. The summed E-state index contributed by atoms with van der Waals surface area (Å²) in [5.41, 5.74) is 7.31. The number of benzene rings is 2. The summed E-state index contributed by atoms with van der Waals surface area (Å²) in [4.78, 5) is 0. The second-order valence-corrected chi connectivity index (χ2v) is 6.54. The minimum Gasteiger partial charge on any atom is -0.399 e. The molecule has 0 aliphatic heterocycles. The van der Waals surface area contributed by atoms with Gasteiger partial charge in [0.25, 0.3) is 0 Å². The summed E-state index contributed by atoms with van der Waals surface area (Å²) in [7, 11) is -3.62. The van der Waals surface area contributed by atoms with Crippen LogP contribution in [0.2, 0.25) is 5.02 Å². The van der Waals surface area contributed by atoms with Gasteiger partial charge in [-0.2, -0.15) is 5.26 Å². The third kappa shape index (κ3) is 4.12. The van der Waals surface area contributed by atoms with E-state index in [0.29, 0.717) is 16.8 Å². The molecule has 108 valence electrons. The molecule has 0 aromatic heterocycles. The van der Waals surface area contributed by atoms with Crippen LogP contribution in [0, 0.1) is 11.3 Å². The number of nitrogens with two attached hydrogens (primary N) is 1. The molecular weight excluding hydrogens is 310 g/mol. The van der Waals surface area contributed by atoms with Crippen LogP contribution >= 0.6 is 11.6 Å². The van der Waals surface area contributed by atoms with Gasteiger partial charge < -0.3 is 5.73 Å². The van der Waals surface area contributed by atoms with Gasteiger partial charge in [-0.3, -0.25) is 4.72 Å². The molecule has 2 aromatic carbocycles. The van der Waals surface area contributed by atoms with E-state index in [-0.39, 0.29) is 16.5 Å². The van der Waals surface area contributed by atoms with Gasteiger partial charge in [-0.05, 0) is 35.9 Å². The van der Waals surface area contributed by atoms with E-state index in [0.717, 1.165) is 0 Å². The zero-order valence-electron chi connectivity index (χ0n) is 10.9. The molecule has 0 aliphatic rings. The molecule has 0 fully saturated rings. The lowest BCUT2D eigenvalue weighted by atomic mass is 10.2. The first kappa shape index (κ1) is 15.2. The smallest absolute Gasteiger partial charge is 0.236 e. The van der Waals surface area contributed by atoms with Crippen molar-refractivity contribution in [3.63, 3.8) is 0 Å². The van der Waals surface area contributed by atoms with Gasteiger partial charge in [-0.25, -0.2) is 8.42 Å². The van der Waals surface area contributed by atoms with Crippen LogP contribution in [0.3, 0.4) is 0 Å². The van der Waals surface area contributed by atoms with Crippen molar-refractivity contribution in [3.8, 4) is 6.07 Å². The first-order valence-corrected chi connectivity index (χ1v) is 7.97. The average molecular weight is 322 g/mol. The van der Waals surface area contributed by atoms with Crippen molar-refractivity contribution in [3.05, 3.63) is 58.6 Å². The molecule has 21 heavy (non-hydrogen) atoms. The highest BCUT2D eigenvalue weighted by atomic mass is 35.5. The number of nitriles is 1. The number of nitrogen functional groups attached to an aromatic ring is 1. The van der Waals surface area contributed by atoms with E-state index in [1.165, 1.54) is 12.1 Å². The summed E-state index contributed by atoms with van der Waals surface area (Å²) >= 11 is 5.93. The van der Waals surface area contributed by atoms with E-state index in [2.05, 4.69) is 4.72 Å². The molecule has 2 rings (SSSR count). The number of nitrogens with one attached hydrogen (secondary N) is 1. The SMILES string of the molecule is N#Cc1ccc(CS(=O)(=O)Nc2cc(N)ccc2Cl)cc1. The molecule has 7 heteroatoms. The third-order valence-electron chi connectivity index (χ3n) is 2.70. The third-order valence-corrected chi connectivity index (χ3v) is 4.27. The molecule has 0 radical (unpaired) electrons. The van der Waals surface area contributed by atoms with E-state index in [9.17, 15) is 8.42 Å². The van der Waals surface area contributed by atoms with Gasteiger partial charge in [0, 0.05) is 5.69 Å². The van der Waals surface area contributed by atoms with Crippen LogP contribution in [-0.2, 0) is 15.8 Å². The molecule has 0 atom stereocenters. The fraction of sp³-hybridized carbons (Fsp3) is 0.0714. The number of hydrogen-bond donors (Lipinski definition) is 2. The van der Waals surface area contributed by atoms with Crippen molar-refractivity contribution >= 4 is 33.0 Å². The summed E-state index contributed by atoms with van der Waals surface area (Å²) in [6.45, 7) is 0. The van der Waals surface area contributed by atoms with E-state index < -0.39 is 10.0 Å². The van der Waals surface area contributed by atoms with Crippen LogP contribution in [0.4, 0.5) is 11.4 Å². The van der Waals surface area contributed by atoms with Crippen LogP contribution in [0.5, 0.6) is 0 Å². The molecule has 0 heterocycles. The highest BCUT2D eigenvalue weighted by Crippen LogP contribution is 2.25. The lowest BCUT2D eigenvalue weighted by molar-refractivity contribution is 0.600. The summed E-state index contributed by atoms with van der Waals surface area (Å²) in [6, 6.07) is 12.9. The summed E-state index contributed by atoms with van der Waals surface area (Å²) in [5.74, 6) is -0.218. The molecule has 0 unspecified atom stereocenters. The van der Waals surface area contributed by atoms with Crippen LogP contribution < -0.4 is 10.5 Å². The predicted octanol–water partition coefficient (Wildman–Crippen LogP) is 2.74. The highest BCUT2D eigenvalue weighted by Gasteiger charge is 2.14. The highest BCUT2D eigenvalue weighted by molar-refractivity contribution is 7.91. The van der Waals surface area contributed by atoms with Crippen molar-refractivity contribution in [1.82, 2.24) is 0 Å². The quantitative estimate of drug-likeness (QED) is 0.846. The number of halogens is 1. The number of anilines is 2. The Bertz CT molecular complexity index is 796. The number of hydrogen-bond acceptors (Lipinski definition) is 4. The van der Waals surface area contributed by atoms with Gasteiger partial charge in [0.1, 0.15) is 0 Å². The normalized spacial score (nSPS) is 10.9. The second kappa shape index (κ2) is 6.04. The monoisotopic (exact) mass is 321 g/mol. The van der Waals surface area contributed by atoms with Gasteiger partial charge in [0.15, 0.2) is 0 Å². The topological polar surface area (TPSA) is 96.0 Å². The fourth-order valence-electron chi connectivity index (χ4n) is 1.72. The Hall–Kier alpha value is -2.23. The molecule has 0 saturated carbocycles. The van der Waals surface area contributed by atoms with Gasteiger partial charge in [0.2, 0.25) is 10.0 Å². The molecule has 0 saturated heterocycles. The van der Waals surface area contributed by atoms with E-state index in [4.69, 9.17) is 22.6 Å². The molecule has 0 spiro atoms. The first-order valence-electron chi connectivity index (χ1n) is 5.94. The van der Waals surface area contributed by atoms with E-state index in [1.807, 2.05) is 6.07 Å². The Kier molecular flexibility index (Phi) is 4.36. The molecule has 0 aliphatic carbocycles. The maximum atomic E-state index is 12.1. The van der Waals surface area contributed by atoms with E-state index in [1.54, 1.807) is 30.3 Å². The Labute approximate surface area is 128 Å². The fourth-order valence-corrected chi connectivity index (χ4v) is 3.15. The number of sulfonamides is 1. The van der Waals surface area contributed by atoms with Crippen LogP contribution in [0.25, 0.3) is 0 Å².